The summed E-state index contributed by atoms with van der Waals surface area (Å²) in [6.45, 7) is 0.150. The third-order valence-corrected chi connectivity index (χ3v) is 4.48. The Hall–Kier alpha value is -2.05. The molecule has 106 valence electrons. The van der Waals surface area contributed by atoms with Crippen LogP contribution >= 0.6 is 22.7 Å². The van der Waals surface area contributed by atoms with Crippen LogP contribution in [0.4, 0.5) is 4.39 Å². The van der Waals surface area contributed by atoms with Gasteiger partial charge < -0.3 is 5.32 Å². The fourth-order valence-corrected chi connectivity index (χ4v) is 3.32. The van der Waals surface area contributed by atoms with Crippen LogP contribution in [0.2, 0.25) is 0 Å². The summed E-state index contributed by atoms with van der Waals surface area (Å²) in [5.41, 5.74) is 1.83. The smallest absolute Gasteiger partial charge is 0.271 e. The van der Waals surface area contributed by atoms with Gasteiger partial charge in [0.25, 0.3) is 5.91 Å². The molecular weight excluding hydrogens is 307 g/mol. The molecule has 2 aromatic heterocycles. The van der Waals surface area contributed by atoms with Crippen LogP contribution in [0.5, 0.6) is 0 Å². The summed E-state index contributed by atoms with van der Waals surface area (Å²) in [4.78, 5) is 16.3. The minimum atomic E-state index is -0.324. The zero-order chi connectivity index (χ0) is 14.7. The summed E-state index contributed by atoms with van der Waals surface area (Å²) >= 11 is 3.01. The number of hydrogen-bond donors (Lipinski definition) is 1. The fraction of sp³-hybridized carbons (Fsp3) is 0.0667. The first-order valence-corrected chi connectivity index (χ1v) is 8.06. The lowest BCUT2D eigenvalue weighted by Crippen LogP contribution is -2.23. The van der Waals surface area contributed by atoms with Gasteiger partial charge in [0.1, 0.15) is 16.5 Å². The Morgan fingerprint density at radius 3 is 2.86 bits per heavy atom. The van der Waals surface area contributed by atoms with Gasteiger partial charge in [0.2, 0.25) is 0 Å². The van der Waals surface area contributed by atoms with Crippen molar-refractivity contribution >= 4 is 28.6 Å². The van der Waals surface area contributed by atoms with E-state index in [1.54, 1.807) is 34.9 Å². The van der Waals surface area contributed by atoms with Gasteiger partial charge in [-0.05, 0) is 17.5 Å². The van der Waals surface area contributed by atoms with E-state index in [1.807, 2.05) is 16.8 Å². The second kappa shape index (κ2) is 6.15. The average Bonchev–Trinajstić information content (AvgIpc) is 3.16. The predicted octanol–water partition coefficient (Wildman–Crippen LogP) is 3.94. The Labute approximate surface area is 129 Å². The number of nitrogens with zero attached hydrogens (tertiary/aromatic N) is 1. The summed E-state index contributed by atoms with van der Waals surface area (Å²) in [7, 11) is 0. The maximum Gasteiger partial charge on any atom is 0.271 e. The van der Waals surface area contributed by atoms with Gasteiger partial charge in [-0.2, -0.15) is 11.3 Å². The molecule has 0 fully saturated rings. The fourth-order valence-electron chi connectivity index (χ4n) is 1.80. The molecule has 0 aliphatic carbocycles. The van der Waals surface area contributed by atoms with Crippen molar-refractivity contribution in [1.82, 2.24) is 10.3 Å². The topological polar surface area (TPSA) is 42.0 Å². The SMILES string of the molecule is O=C(NCc1ccccc1F)c1csc(-c2ccsc2)n1. The standard InChI is InChI=1S/C15H11FN2OS2/c16-12-4-2-1-3-10(12)7-17-14(19)13-9-21-15(18-13)11-5-6-20-8-11/h1-6,8-9H,7H2,(H,17,19). The molecule has 0 unspecified atom stereocenters. The summed E-state index contributed by atoms with van der Waals surface area (Å²) in [6.07, 6.45) is 0. The monoisotopic (exact) mass is 318 g/mol. The molecule has 3 rings (SSSR count). The quantitative estimate of drug-likeness (QED) is 0.791. The summed E-state index contributed by atoms with van der Waals surface area (Å²) < 4.78 is 13.5. The van der Waals surface area contributed by atoms with Crippen LogP contribution in [0.25, 0.3) is 10.6 Å². The van der Waals surface area contributed by atoms with E-state index in [0.717, 1.165) is 10.6 Å². The molecule has 2 heterocycles. The Balaban J connectivity index is 1.68. The largest absolute Gasteiger partial charge is 0.346 e. The third-order valence-electron chi connectivity index (χ3n) is 2.90. The lowest BCUT2D eigenvalue weighted by molar-refractivity contribution is 0.0946. The van der Waals surface area contributed by atoms with Gasteiger partial charge in [0.15, 0.2) is 0 Å². The molecule has 0 radical (unpaired) electrons. The first-order chi connectivity index (χ1) is 10.2. The molecule has 21 heavy (non-hydrogen) atoms. The van der Waals surface area contributed by atoms with Crippen LogP contribution in [-0.2, 0) is 6.54 Å². The Bertz CT molecular complexity index is 753. The van der Waals surface area contributed by atoms with Gasteiger partial charge in [-0.3, -0.25) is 4.79 Å². The molecule has 3 nitrogen and oxygen atoms in total. The van der Waals surface area contributed by atoms with E-state index >= 15 is 0 Å². The molecular formula is C15H11FN2OS2. The predicted molar refractivity (Wildman–Crippen MR) is 83.0 cm³/mol. The molecule has 1 N–H and O–H groups in total. The minimum absolute atomic E-state index is 0.150. The van der Waals surface area contributed by atoms with E-state index in [2.05, 4.69) is 10.3 Å². The van der Waals surface area contributed by atoms with Crippen molar-refractivity contribution in [3.63, 3.8) is 0 Å². The Morgan fingerprint density at radius 1 is 1.24 bits per heavy atom. The first-order valence-electron chi connectivity index (χ1n) is 6.24. The second-order valence-corrected chi connectivity index (χ2v) is 5.96. The van der Waals surface area contributed by atoms with Gasteiger partial charge in [0, 0.05) is 28.4 Å². The molecule has 0 bridgehead atoms. The van der Waals surface area contributed by atoms with E-state index in [0.29, 0.717) is 11.3 Å². The Morgan fingerprint density at radius 2 is 2.10 bits per heavy atom. The second-order valence-electron chi connectivity index (χ2n) is 4.32. The van der Waals surface area contributed by atoms with Gasteiger partial charge in [-0.15, -0.1) is 11.3 Å². The number of aromatic nitrogens is 1. The Kier molecular flexibility index (Phi) is 4.08. The number of rotatable bonds is 4. The molecule has 0 saturated carbocycles. The minimum Gasteiger partial charge on any atom is -0.346 e. The first kappa shape index (κ1) is 13.9. The van der Waals surface area contributed by atoms with Crippen LogP contribution in [0.15, 0.2) is 46.5 Å². The highest BCUT2D eigenvalue weighted by atomic mass is 32.1. The number of hydrogen-bond acceptors (Lipinski definition) is 4. The van der Waals surface area contributed by atoms with Crippen LogP contribution in [-0.4, -0.2) is 10.9 Å². The number of carbonyl (C=O) groups excluding carboxylic acids is 1. The van der Waals surface area contributed by atoms with Crippen molar-refractivity contribution in [3.8, 4) is 10.6 Å². The zero-order valence-corrected chi connectivity index (χ0v) is 12.5. The van der Waals surface area contributed by atoms with Crippen LogP contribution in [0.3, 0.4) is 0 Å². The van der Waals surface area contributed by atoms with Crippen molar-refractivity contribution in [2.45, 2.75) is 6.54 Å². The van der Waals surface area contributed by atoms with Crippen molar-refractivity contribution in [3.05, 3.63) is 63.5 Å². The molecule has 0 aliphatic rings. The van der Waals surface area contributed by atoms with Crippen LogP contribution in [0, 0.1) is 5.82 Å². The van der Waals surface area contributed by atoms with Gasteiger partial charge in [0.05, 0.1) is 0 Å². The normalized spacial score (nSPS) is 10.5. The molecule has 1 aromatic carbocycles. The lowest BCUT2D eigenvalue weighted by atomic mass is 10.2. The van der Waals surface area contributed by atoms with Gasteiger partial charge in [-0.25, -0.2) is 9.37 Å². The molecule has 0 saturated heterocycles. The number of benzene rings is 1. The van der Waals surface area contributed by atoms with Gasteiger partial charge in [-0.1, -0.05) is 18.2 Å². The molecule has 1 amide bonds. The molecule has 0 atom stereocenters. The van der Waals surface area contributed by atoms with Crippen molar-refractivity contribution < 1.29 is 9.18 Å². The number of thiophene rings is 1. The highest BCUT2D eigenvalue weighted by molar-refractivity contribution is 7.14. The van der Waals surface area contributed by atoms with E-state index in [9.17, 15) is 9.18 Å². The van der Waals surface area contributed by atoms with E-state index in [1.165, 1.54) is 17.4 Å². The number of amides is 1. The molecule has 3 aromatic rings. The maximum absolute atomic E-state index is 13.5. The zero-order valence-electron chi connectivity index (χ0n) is 10.9. The summed E-state index contributed by atoms with van der Waals surface area (Å²) in [6, 6.07) is 8.34. The van der Waals surface area contributed by atoms with Crippen molar-refractivity contribution in [2.24, 2.45) is 0 Å². The van der Waals surface area contributed by atoms with Crippen LogP contribution in [0.1, 0.15) is 16.1 Å². The number of thiazole rings is 1. The lowest BCUT2D eigenvalue weighted by Gasteiger charge is -2.04. The van der Waals surface area contributed by atoms with E-state index < -0.39 is 0 Å². The third kappa shape index (κ3) is 3.17. The van der Waals surface area contributed by atoms with Gasteiger partial charge >= 0.3 is 0 Å². The summed E-state index contributed by atoms with van der Waals surface area (Å²) in [5.74, 6) is -0.619. The number of carbonyl (C=O) groups is 1. The number of halogens is 1. The molecule has 6 heteroatoms. The highest BCUT2D eigenvalue weighted by Crippen LogP contribution is 2.25. The molecule has 0 spiro atoms. The van der Waals surface area contributed by atoms with Crippen molar-refractivity contribution in [1.29, 1.82) is 0 Å². The van der Waals surface area contributed by atoms with Crippen molar-refractivity contribution in [2.75, 3.05) is 0 Å². The average molecular weight is 318 g/mol. The highest BCUT2D eigenvalue weighted by Gasteiger charge is 2.12. The van der Waals surface area contributed by atoms with E-state index in [4.69, 9.17) is 0 Å². The number of nitrogens with one attached hydrogen (secondary N) is 1. The van der Waals surface area contributed by atoms with E-state index in [-0.39, 0.29) is 18.3 Å². The molecule has 0 aliphatic heterocycles. The summed E-state index contributed by atoms with van der Waals surface area (Å²) in [5, 5.41) is 9.16. The van der Waals surface area contributed by atoms with Crippen LogP contribution < -0.4 is 5.32 Å². The maximum atomic E-state index is 13.5.